The fourth-order valence-electron chi connectivity index (χ4n) is 0.916. The van der Waals surface area contributed by atoms with Crippen LogP contribution < -0.4 is 0 Å². The first-order valence-corrected chi connectivity index (χ1v) is 3.02. The summed E-state index contributed by atoms with van der Waals surface area (Å²) in [6.07, 6.45) is 2.20. The van der Waals surface area contributed by atoms with Gasteiger partial charge in [0.1, 0.15) is 0 Å². The molecule has 1 aliphatic rings. The molecule has 5 nitrogen and oxygen atoms in total. The Morgan fingerprint density at radius 3 is 3.40 bits per heavy atom. The average Bonchev–Trinajstić information content (AvgIpc) is 2.33. The third kappa shape index (κ3) is 0.671. The predicted molar refractivity (Wildman–Crippen MR) is 33.0 cm³/mol. The summed E-state index contributed by atoms with van der Waals surface area (Å²) in [5.41, 5.74) is 0. The van der Waals surface area contributed by atoms with Crippen molar-refractivity contribution in [3.8, 4) is 0 Å². The molecule has 0 aromatic carbocycles. The van der Waals surface area contributed by atoms with Crippen LogP contribution in [0.3, 0.4) is 0 Å². The number of nitrogens with zero attached hydrogens (tertiary/aromatic N) is 4. The lowest BCUT2D eigenvalue weighted by Crippen LogP contribution is -2.08. The second-order valence-electron chi connectivity index (χ2n) is 2.15. The van der Waals surface area contributed by atoms with Gasteiger partial charge in [-0.1, -0.05) is 0 Å². The molecule has 0 aliphatic carbocycles. The molecule has 52 valence electrons. The number of aliphatic hydroxyl groups is 1. The second kappa shape index (κ2) is 1.80. The number of tetrazole rings is 1. The van der Waals surface area contributed by atoms with E-state index in [1.54, 1.807) is 10.8 Å². The summed E-state index contributed by atoms with van der Waals surface area (Å²) in [7, 11) is 0. The summed E-state index contributed by atoms with van der Waals surface area (Å²) >= 11 is 0. The molecule has 0 atom stereocenters. The van der Waals surface area contributed by atoms with Crippen molar-refractivity contribution in [2.24, 2.45) is 0 Å². The van der Waals surface area contributed by atoms with Gasteiger partial charge in [-0.3, -0.25) is 0 Å². The maximum atomic E-state index is 9.03. The van der Waals surface area contributed by atoms with Crippen LogP contribution in [-0.2, 0) is 6.54 Å². The Balaban J connectivity index is 2.50. The lowest BCUT2D eigenvalue weighted by Gasteiger charge is -2.06. The van der Waals surface area contributed by atoms with Gasteiger partial charge in [0.15, 0.2) is 5.82 Å². The molecular weight excluding hydrogens is 132 g/mol. The van der Waals surface area contributed by atoms with Gasteiger partial charge in [-0.2, -0.15) is 0 Å². The normalized spacial score (nSPS) is 16.2. The zero-order valence-corrected chi connectivity index (χ0v) is 5.23. The van der Waals surface area contributed by atoms with E-state index in [9.17, 15) is 0 Å². The van der Waals surface area contributed by atoms with Gasteiger partial charge in [0, 0.05) is 12.5 Å². The molecule has 1 aliphatic heterocycles. The van der Waals surface area contributed by atoms with E-state index in [0.717, 1.165) is 0 Å². The van der Waals surface area contributed by atoms with E-state index in [2.05, 4.69) is 15.5 Å². The number of aliphatic hydroxyl groups excluding tert-OH is 1. The summed E-state index contributed by atoms with van der Waals surface area (Å²) in [4.78, 5) is 0. The molecule has 1 aromatic rings. The lowest BCUT2D eigenvalue weighted by atomic mass is 10.3. The molecule has 0 spiro atoms. The quantitative estimate of drug-likeness (QED) is 0.547. The highest BCUT2D eigenvalue weighted by Crippen LogP contribution is 2.10. The molecule has 0 saturated carbocycles. The van der Waals surface area contributed by atoms with Crippen molar-refractivity contribution >= 4 is 6.08 Å². The van der Waals surface area contributed by atoms with Crippen molar-refractivity contribution < 1.29 is 5.11 Å². The number of aryl methyl sites for hydroxylation is 1. The first kappa shape index (κ1) is 5.40. The van der Waals surface area contributed by atoms with Crippen molar-refractivity contribution in [3.63, 3.8) is 0 Å². The summed E-state index contributed by atoms with van der Waals surface area (Å²) in [6.45, 7) is 0.671. The van der Waals surface area contributed by atoms with Gasteiger partial charge in [0.05, 0.1) is 12.3 Å². The van der Waals surface area contributed by atoms with Crippen molar-refractivity contribution in [3.05, 3.63) is 11.6 Å². The van der Waals surface area contributed by atoms with Crippen molar-refractivity contribution in [1.29, 1.82) is 0 Å². The third-order valence-corrected chi connectivity index (χ3v) is 1.44. The highest BCUT2D eigenvalue weighted by molar-refractivity contribution is 5.43. The minimum absolute atomic E-state index is 0.349. The Morgan fingerprint density at radius 2 is 2.50 bits per heavy atom. The monoisotopic (exact) mass is 138 g/mol. The van der Waals surface area contributed by atoms with E-state index in [1.807, 2.05) is 0 Å². The molecule has 0 fully saturated rings. The van der Waals surface area contributed by atoms with Crippen LogP contribution >= 0.6 is 0 Å². The van der Waals surface area contributed by atoms with Crippen LogP contribution in [0.1, 0.15) is 12.2 Å². The summed E-state index contributed by atoms with van der Waals surface area (Å²) in [6, 6.07) is 0. The summed E-state index contributed by atoms with van der Waals surface area (Å²) in [5.74, 6) is 0.978. The first-order valence-electron chi connectivity index (χ1n) is 3.02. The molecule has 2 heterocycles. The summed E-state index contributed by atoms with van der Waals surface area (Å²) < 4.78 is 1.65. The van der Waals surface area contributed by atoms with Crippen LogP contribution in [0.5, 0.6) is 0 Å². The zero-order chi connectivity index (χ0) is 6.97. The maximum absolute atomic E-state index is 9.03. The van der Waals surface area contributed by atoms with Crippen molar-refractivity contribution in [2.45, 2.75) is 13.0 Å². The number of hydrogen-bond donors (Lipinski definition) is 1. The smallest absolute Gasteiger partial charge is 0.178 e. The van der Waals surface area contributed by atoms with Crippen LogP contribution in [0.2, 0.25) is 0 Å². The molecule has 1 aromatic heterocycles. The van der Waals surface area contributed by atoms with Gasteiger partial charge in [0.25, 0.3) is 0 Å². The van der Waals surface area contributed by atoms with E-state index >= 15 is 0 Å². The molecule has 10 heavy (non-hydrogen) atoms. The highest BCUT2D eigenvalue weighted by atomic mass is 16.3. The molecule has 5 heteroatoms. The Bertz CT molecular complexity index is 277. The van der Waals surface area contributed by atoms with E-state index in [0.29, 0.717) is 24.5 Å². The fraction of sp³-hybridized carbons (Fsp3) is 0.400. The van der Waals surface area contributed by atoms with E-state index < -0.39 is 0 Å². The average molecular weight is 138 g/mol. The Labute approximate surface area is 57.0 Å². The highest BCUT2D eigenvalue weighted by Gasteiger charge is 2.10. The fourth-order valence-corrected chi connectivity index (χ4v) is 0.916. The van der Waals surface area contributed by atoms with Crippen LogP contribution in [0.15, 0.2) is 5.76 Å². The van der Waals surface area contributed by atoms with E-state index in [1.165, 1.54) is 0 Å². The number of fused-ring (bicyclic) bond motifs is 1. The molecule has 0 bridgehead atoms. The van der Waals surface area contributed by atoms with Gasteiger partial charge in [-0.25, -0.2) is 4.68 Å². The molecule has 0 radical (unpaired) electrons. The van der Waals surface area contributed by atoms with Crippen LogP contribution in [0, 0.1) is 0 Å². The molecular formula is C5H6N4O. The van der Waals surface area contributed by atoms with Crippen LogP contribution in [0.25, 0.3) is 6.08 Å². The largest absolute Gasteiger partial charge is 0.512 e. The van der Waals surface area contributed by atoms with Gasteiger partial charge in [0.2, 0.25) is 0 Å². The SMILES string of the molecule is OC1=Cc2nnnn2CC1. The number of hydrogen-bond acceptors (Lipinski definition) is 4. The number of allylic oxidation sites excluding steroid dienone is 1. The van der Waals surface area contributed by atoms with Gasteiger partial charge >= 0.3 is 0 Å². The molecule has 0 unspecified atom stereocenters. The van der Waals surface area contributed by atoms with E-state index in [-0.39, 0.29) is 0 Å². The Morgan fingerprint density at radius 1 is 1.60 bits per heavy atom. The number of rotatable bonds is 0. The van der Waals surface area contributed by atoms with Crippen LogP contribution in [-0.4, -0.2) is 25.3 Å². The minimum atomic E-state index is 0.349. The van der Waals surface area contributed by atoms with Crippen molar-refractivity contribution in [1.82, 2.24) is 20.2 Å². The molecule has 2 rings (SSSR count). The Hall–Kier alpha value is -1.39. The van der Waals surface area contributed by atoms with Crippen LogP contribution in [0.4, 0.5) is 0 Å². The summed E-state index contributed by atoms with van der Waals surface area (Å²) in [5, 5.41) is 19.8. The molecule has 0 saturated heterocycles. The molecule has 0 amide bonds. The standard InChI is InChI=1S/C5H6N4O/c10-4-1-2-9-5(3-4)6-7-8-9/h3,10H,1-2H2. The second-order valence-corrected chi connectivity index (χ2v) is 2.15. The van der Waals surface area contributed by atoms with E-state index in [4.69, 9.17) is 5.11 Å². The topological polar surface area (TPSA) is 63.8 Å². The predicted octanol–water partition coefficient (Wildman–Crippen LogP) is -0.0243. The van der Waals surface area contributed by atoms with Crippen molar-refractivity contribution in [2.75, 3.05) is 0 Å². The molecule has 1 N–H and O–H groups in total. The van der Waals surface area contributed by atoms with Gasteiger partial charge in [-0.15, -0.1) is 5.10 Å². The Kier molecular flexibility index (Phi) is 0.969. The maximum Gasteiger partial charge on any atom is 0.178 e. The zero-order valence-electron chi connectivity index (χ0n) is 5.23. The number of aromatic nitrogens is 4. The lowest BCUT2D eigenvalue weighted by molar-refractivity contribution is 0.369. The van der Waals surface area contributed by atoms with Gasteiger partial charge < -0.3 is 5.11 Å². The minimum Gasteiger partial charge on any atom is -0.512 e. The third-order valence-electron chi connectivity index (χ3n) is 1.44. The first-order chi connectivity index (χ1) is 4.86. The van der Waals surface area contributed by atoms with Gasteiger partial charge in [-0.05, 0) is 10.4 Å².